The monoisotopic (exact) mass is 206 g/mol. The minimum absolute atomic E-state index is 0.0957. The van der Waals surface area contributed by atoms with Gasteiger partial charge in [0.2, 0.25) is 0 Å². The molecule has 0 aliphatic rings. The summed E-state index contributed by atoms with van der Waals surface area (Å²) in [5, 5.41) is 15.8. The molecule has 0 bridgehead atoms. The van der Waals surface area contributed by atoms with E-state index in [-0.39, 0.29) is 6.61 Å². The van der Waals surface area contributed by atoms with E-state index in [1.165, 1.54) is 0 Å². The van der Waals surface area contributed by atoms with Crippen LogP contribution >= 0.6 is 11.6 Å². The summed E-state index contributed by atoms with van der Waals surface area (Å²) in [6.07, 6.45) is 5.44. The molecule has 0 amide bonds. The number of aliphatic carboxylic acids is 1. The van der Waals surface area contributed by atoms with Crippen molar-refractivity contribution in [2.45, 2.75) is 13.8 Å². The largest absolute Gasteiger partial charge is 0.481 e. The summed E-state index contributed by atoms with van der Waals surface area (Å²) in [6, 6.07) is 0. The van der Waals surface area contributed by atoms with E-state index >= 15 is 0 Å². The van der Waals surface area contributed by atoms with Crippen molar-refractivity contribution in [3.8, 4) is 0 Å². The normalized spacial score (nSPS) is 10.9. The Labute approximate surface area is 83.3 Å². The lowest BCUT2D eigenvalue weighted by Gasteiger charge is -1.86. The molecule has 0 radical (unpaired) electrons. The van der Waals surface area contributed by atoms with Gasteiger partial charge in [0.1, 0.15) is 0 Å². The molecule has 0 saturated carbocycles. The molecule has 0 spiro atoms. The summed E-state index contributed by atoms with van der Waals surface area (Å²) in [7, 11) is 0. The molecule has 0 saturated heterocycles. The summed E-state index contributed by atoms with van der Waals surface area (Å²) < 4.78 is 0. The topological polar surface area (TPSA) is 57.5 Å². The molecule has 0 fully saturated rings. The Morgan fingerprint density at radius 3 is 2.23 bits per heavy atom. The zero-order valence-corrected chi connectivity index (χ0v) is 8.58. The second-order valence-corrected chi connectivity index (χ2v) is 2.52. The van der Waals surface area contributed by atoms with Gasteiger partial charge in [-0.3, -0.25) is 4.79 Å². The first-order valence-electron chi connectivity index (χ1n) is 3.74. The van der Waals surface area contributed by atoms with Crippen LogP contribution in [0.1, 0.15) is 13.8 Å². The fraction of sp³-hybridized carbons (Fsp3) is 0.444. The van der Waals surface area contributed by atoms with Crippen LogP contribution in [0.25, 0.3) is 0 Å². The lowest BCUT2D eigenvalue weighted by atomic mass is 10.3. The molecule has 13 heavy (non-hydrogen) atoms. The summed E-state index contributed by atoms with van der Waals surface area (Å²) in [5.74, 6) is -0.309. The van der Waals surface area contributed by atoms with Gasteiger partial charge in [-0.15, -0.1) is 11.6 Å². The number of hydrogen-bond donors (Lipinski definition) is 2. The van der Waals surface area contributed by atoms with Crippen LogP contribution in [0.2, 0.25) is 0 Å². The van der Waals surface area contributed by atoms with Crippen molar-refractivity contribution in [3.63, 3.8) is 0 Å². The lowest BCUT2D eigenvalue weighted by Crippen LogP contribution is -1.78. The van der Waals surface area contributed by atoms with Crippen LogP contribution in [0.15, 0.2) is 23.8 Å². The van der Waals surface area contributed by atoms with Crippen molar-refractivity contribution >= 4 is 17.6 Å². The first kappa shape index (κ1) is 14.7. The quantitative estimate of drug-likeness (QED) is 0.547. The van der Waals surface area contributed by atoms with E-state index in [2.05, 4.69) is 0 Å². The average Bonchev–Trinajstić information content (AvgIpc) is 2.00. The van der Waals surface area contributed by atoms with Crippen molar-refractivity contribution in [2.75, 3.05) is 12.5 Å². The molecular formula is C9H15ClO3. The van der Waals surface area contributed by atoms with Gasteiger partial charge in [-0.05, 0) is 6.92 Å². The predicted molar refractivity (Wildman–Crippen MR) is 54.0 cm³/mol. The highest BCUT2D eigenvalue weighted by Crippen LogP contribution is 1.93. The van der Waals surface area contributed by atoms with Crippen LogP contribution in [0.5, 0.6) is 0 Å². The Hall–Kier alpha value is -0.800. The number of alkyl halides is 1. The van der Waals surface area contributed by atoms with Crippen LogP contribution in [-0.2, 0) is 4.79 Å². The number of halogens is 1. The van der Waals surface area contributed by atoms with E-state index in [0.29, 0.717) is 5.88 Å². The molecule has 0 heterocycles. The minimum atomic E-state index is -0.833. The fourth-order valence-electron chi connectivity index (χ4n) is 0.442. The van der Waals surface area contributed by atoms with Crippen molar-refractivity contribution < 1.29 is 15.0 Å². The van der Waals surface area contributed by atoms with Gasteiger partial charge < -0.3 is 10.2 Å². The summed E-state index contributed by atoms with van der Waals surface area (Å²) >= 11 is 5.37. The Bertz CT molecular complexity index is 181. The number of carbonyl (C=O) groups is 1. The van der Waals surface area contributed by atoms with Crippen molar-refractivity contribution in [1.82, 2.24) is 0 Å². The minimum Gasteiger partial charge on any atom is -0.481 e. The molecule has 0 aromatic heterocycles. The number of hydrogen-bond acceptors (Lipinski definition) is 2. The standard InChI is InChI=1S/C7H11ClO.C2H4O2/c1-7(4-6-9)3-2-5-8;1-2(3)4/h2-4,9H,5-6H2,1H3;1H3,(H,3,4). The molecule has 0 aliphatic carbocycles. The third-order valence-corrected chi connectivity index (χ3v) is 1.06. The maximum atomic E-state index is 9.00. The van der Waals surface area contributed by atoms with Gasteiger partial charge in [0.15, 0.2) is 0 Å². The Morgan fingerprint density at radius 2 is 1.92 bits per heavy atom. The number of aliphatic hydroxyl groups excluding tert-OH is 1. The van der Waals surface area contributed by atoms with Crippen LogP contribution in [-0.4, -0.2) is 28.7 Å². The molecule has 3 nitrogen and oxygen atoms in total. The molecule has 0 unspecified atom stereocenters. The zero-order chi connectivity index (χ0) is 10.7. The van der Waals surface area contributed by atoms with Crippen LogP contribution in [0.4, 0.5) is 0 Å². The third kappa shape index (κ3) is 24.7. The van der Waals surface area contributed by atoms with Crippen molar-refractivity contribution in [2.24, 2.45) is 0 Å². The van der Waals surface area contributed by atoms with Gasteiger partial charge in [0.05, 0.1) is 6.61 Å². The second-order valence-electron chi connectivity index (χ2n) is 2.21. The van der Waals surface area contributed by atoms with Crippen molar-refractivity contribution in [1.29, 1.82) is 0 Å². The first-order valence-corrected chi connectivity index (χ1v) is 4.27. The highest BCUT2D eigenvalue weighted by molar-refractivity contribution is 6.18. The van der Waals surface area contributed by atoms with Crippen LogP contribution in [0.3, 0.4) is 0 Å². The fourth-order valence-corrected chi connectivity index (χ4v) is 0.532. The summed E-state index contributed by atoms with van der Waals surface area (Å²) in [5.41, 5.74) is 1.04. The highest BCUT2D eigenvalue weighted by atomic mass is 35.5. The van der Waals surface area contributed by atoms with Crippen LogP contribution in [0, 0.1) is 0 Å². The van der Waals surface area contributed by atoms with E-state index in [1.54, 1.807) is 6.08 Å². The SMILES string of the molecule is CC(=O)O.CC(C=CCCl)=CCO. The number of aliphatic hydroxyl groups is 1. The molecule has 0 aliphatic heterocycles. The number of carboxylic acid groups (broad SMARTS) is 1. The smallest absolute Gasteiger partial charge is 0.300 e. The number of rotatable bonds is 3. The third-order valence-electron chi connectivity index (χ3n) is 0.883. The van der Waals surface area contributed by atoms with Gasteiger partial charge in [0, 0.05) is 12.8 Å². The van der Waals surface area contributed by atoms with Gasteiger partial charge in [-0.25, -0.2) is 0 Å². The van der Waals surface area contributed by atoms with E-state index < -0.39 is 5.97 Å². The average molecular weight is 207 g/mol. The number of carboxylic acids is 1. The number of allylic oxidation sites excluding steroid dienone is 3. The van der Waals surface area contributed by atoms with Crippen molar-refractivity contribution in [3.05, 3.63) is 23.8 Å². The van der Waals surface area contributed by atoms with Crippen LogP contribution < -0.4 is 0 Å². The molecule has 0 aromatic carbocycles. The zero-order valence-electron chi connectivity index (χ0n) is 7.83. The Kier molecular flexibility index (Phi) is 12.7. The van der Waals surface area contributed by atoms with Gasteiger partial charge >= 0.3 is 0 Å². The van der Waals surface area contributed by atoms with E-state index in [0.717, 1.165) is 12.5 Å². The maximum absolute atomic E-state index is 9.00. The molecule has 0 aromatic rings. The lowest BCUT2D eigenvalue weighted by molar-refractivity contribution is -0.134. The van der Waals surface area contributed by atoms with Gasteiger partial charge in [-0.1, -0.05) is 23.8 Å². The first-order chi connectivity index (χ1) is 6.04. The van der Waals surface area contributed by atoms with E-state index in [4.69, 9.17) is 26.6 Å². The Morgan fingerprint density at radius 1 is 1.46 bits per heavy atom. The summed E-state index contributed by atoms with van der Waals surface area (Å²) in [4.78, 5) is 9.00. The summed E-state index contributed by atoms with van der Waals surface area (Å²) in [6.45, 7) is 3.09. The highest BCUT2D eigenvalue weighted by Gasteiger charge is 1.76. The molecule has 4 heteroatoms. The molecule has 2 N–H and O–H groups in total. The van der Waals surface area contributed by atoms with E-state index in [9.17, 15) is 0 Å². The van der Waals surface area contributed by atoms with Gasteiger partial charge in [0.25, 0.3) is 5.97 Å². The Balaban J connectivity index is 0. The molecule has 0 rings (SSSR count). The second kappa shape index (κ2) is 11.2. The molecular weight excluding hydrogens is 192 g/mol. The van der Waals surface area contributed by atoms with Gasteiger partial charge in [-0.2, -0.15) is 0 Å². The molecule has 0 atom stereocenters. The van der Waals surface area contributed by atoms with E-state index in [1.807, 2.05) is 19.1 Å². The predicted octanol–water partition coefficient (Wildman–Crippen LogP) is 1.81. The molecule has 76 valence electrons. The maximum Gasteiger partial charge on any atom is 0.300 e.